The molecule has 0 saturated carbocycles. The summed E-state index contributed by atoms with van der Waals surface area (Å²) in [5.74, 6) is 0.397. The molecule has 3 rings (SSSR count). The number of nitrogens with one attached hydrogen (secondary N) is 1. The van der Waals surface area contributed by atoms with Crippen LogP contribution < -0.4 is 10.1 Å². The van der Waals surface area contributed by atoms with Crippen LogP contribution in [0.2, 0.25) is 0 Å². The van der Waals surface area contributed by atoms with Crippen LogP contribution in [0.3, 0.4) is 0 Å². The second-order valence-electron chi connectivity index (χ2n) is 6.34. The molecule has 2 aromatic carbocycles. The molecule has 0 radical (unpaired) electrons. The predicted molar refractivity (Wildman–Crippen MR) is 107 cm³/mol. The fourth-order valence-corrected chi connectivity index (χ4v) is 2.85. The number of halogens is 2. The number of piperazine rings is 1. The Kier molecular flexibility index (Phi) is 7.82. The van der Waals surface area contributed by atoms with Crippen molar-refractivity contribution in [3.8, 4) is 5.75 Å². The Morgan fingerprint density at radius 3 is 2.26 bits per heavy atom. The third-order valence-electron chi connectivity index (χ3n) is 4.43. The molecular formula is C21H24ClFN2O2. The molecule has 0 amide bonds. The summed E-state index contributed by atoms with van der Waals surface area (Å²) in [7, 11) is 0. The van der Waals surface area contributed by atoms with Gasteiger partial charge in [0.2, 0.25) is 0 Å². The monoisotopic (exact) mass is 390 g/mol. The molecule has 2 aromatic rings. The van der Waals surface area contributed by atoms with Gasteiger partial charge >= 0.3 is 0 Å². The molecule has 1 fully saturated rings. The van der Waals surface area contributed by atoms with Crippen molar-refractivity contribution in [3.05, 3.63) is 77.8 Å². The van der Waals surface area contributed by atoms with E-state index in [4.69, 9.17) is 4.74 Å². The number of carbonyl (C=O) groups is 1. The summed E-state index contributed by atoms with van der Waals surface area (Å²) in [5.41, 5.74) is 2.54. The molecule has 0 spiro atoms. The first-order valence-electron chi connectivity index (χ1n) is 8.76. The maximum atomic E-state index is 12.9. The Hall–Kier alpha value is -2.37. The number of Topliss-reactive ketones (excluding diaryl/α,β-unsaturated/α-hetero) is 1. The van der Waals surface area contributed by atoms with Gasteiger partial charge in [-0.15, -0.1) is 12.4 Å². The zero-order valence-electron chi connectivity index (χ0n) is 15.1. The van der Waals surface area contributed by atoms with Gasteiger partial charge in [0.05, 0.1) is 5.70 Å². The summed E-state index contributed by atoms with van der Waals surface area (Å²) in [4.78, 5) is 14.5. The van der Waals surface area contributed by atoms with E-state index in [9.17, 15) is 9.18 Å². The van der Waals surface area contributed by atoms with Gasteiger partial charge in [0, 0.05) is 32.6 Å². The Morgan fingerprint density at radius 1 is 1.04 bits per heavy atom. The molecule has 144 valence electrons. The van der Waals surface area contributed by atoms with Crippen LogP contribution in [0.1, 0.15) is 11.1 Å². The van der Waals surface area contributed by atoms with E-state index in [1.165, 1.54) is 12.1 Å². The molecule has 0 unspecified atom stereocenters. The van der Waals surface area contributed by atoms with Gasteiger partial charge in [-0.2, -0.15) is 0 Å². The average molecular weight is 391 g/mol. The standard InChI is InChI=1S/C21H23FN2O2.ClH/c1-16(24-12-10-23-11-13-24)21(25)14-17-2-4-18(5-3-17)15-26-20-8-6-19(22)7-9-20;/h2-9,23H,1,10-15H2;1H. The lowest BCUT2D eigenvalue weighted by atomic mass is 10.0. The van der Waals surface area contributed by atoms with E-state index in [1.807, 2.05) is 29.2 Å². The molecular weight excluding hydrogens is 367 g/mol. The van der Waals surface area contributed by atoms with Crippen molar-refractivity contribution in [2.45, 2.75) is 13.0 Å². The number of ether oxygens (including phenoxy) is 1. The van der Waals surface area contributed by atoms with Gasteiger partial charge in [0.15, 0.2) is 5.78 Å². The van der Waals surface area contributed by atoms with Crippen LogP contribution in [0.15, 0.2) is 60.8 Å². The van der Waals surface area contributed by atoms with Gasteiger partial charge in [0.25, 0.3) is 0 Å². The summed E-state index contributed by atoms with van der Waals surface area (Å²) in [5, 5.41) is 3.27. The first kappa shape index (κ1) is 20.9. The smallest absolute Gasteiger partial charge is 0.182 e. The van der Waals surface area contributed by atoms with Gasteiger partial charge in [-0.05, 0) is 35.4 Å². The molecule has 0 aromatic heterocycles. The van der Waals surface area contributed by atoms with Crippen LogP contribution in [0.5, 0.6) is 5.75 Å². The molecule has 1 heterocycles. The highest BCUT2D eigenvalue weighted by Gasteiger charge is 2.17. The van der Waals surface area contributed by atoms with Crippen LogP contribution in [0.25, 0.3) is 0 Å². The lowest BCUT2D eigenvalue weighted by Crippen LogP contribution is -2.44. The fraction of sp³-hybridized carbons (Fsp3) is 0.286. The zero-order chi connectivity index (χ0) is 18.4. The Bertz CT molecular complexity index is 757. The number of ketones is 1. The molecule has 0 bridgehead atoms. The van der Waals surface area contributed by atoms with Crippen LogP contribution >= 0.6 is 12.4 Å². The van der Waals surface area contributed by atoms with Crippen molar-refractivity contribution in [2.24, 2.45) is 0 Å². The van der Waals surface area contributed by atoms with Gasteiger partial charge in [-0.3, -0.25) is 4.79 Å². The molecule has 1 saturated heterocycles. The van der Waals surface area contributed by atoms with Crippen LogP contribution in [-0.4, -0.2) is 36.9 Å². The van der Waals surface area contributed by atoms with E-state index in [2.05, 4.69) is 11.9 Å². The van der Waals surface area contributed by atoms with E-state index < -0.39 is 0 Å². The van der Waals surface area contributed by atoms with Crippen molar-refractivity contribution in [2.75, 3.05) is 26.2 Å². The topological polar surface area (TPSA) is 41.6 Å². The molecule has 1 N–H and O–H groups in total. The lowest BCUT2D eigenvalue weighted by molar-refractivity contribution is -0.116. The first-order chi connectivity index (χ1) is 12.6. The highest BCUT2D eigenvalue weighted by molar-refractivity contribution is 5.95. The minimum Gasteiger partial charge on any atom is -0.489 e. The highest BCUT2D eigenvalue weighted by atomic mass is 35.5. The first-order valence-corrected chi connectivity index (χ1v) is 8.76. The van der Waals surface area contributed by atoms with Gasteiger partial charge in [0.1, 0.15) is 18.2 Å². The number of hydrogen-bond acceptors (Lipinski definition) is 4. The quantitative estimate of drug-likeness (QED) is 0.736. The third-order valence-corrected chi connectivity index (χ3v) is 4.43. The zero-order valence-corrected chi connectivity index (χ0v) is 15.9. The number of allylic oxidation sites excluding steroid dienone is 1. The van der Waals surface area contributed by atoms with Crippen molar-refractivity contribution in [3.63, 3.8) is 0 Å². The lowest BCUT2D eigenvalue weighted by Gasteiger charge is -2.30. The molecule has 27 heavy (non-hydrogen) atoms. The van der Waals surface area contributed by atoms with E-state index in [1.54, 1.807) is 12.1 Å². The second-order valence-corrected chi connectivity index (χ2v) is 6.34. The summed E-state index contributed by atoms with van der Waals surface area (Å²) in [6.07, 6.45) is 0.349. The van der Waals surface area contributed by atoms with E-state index >= 15 is 0 Å². The fourth-order valence-electron chi connectivity index (χ4n) is 2.85. The normalized spacial score (nSPS) is 13.6. The minimum absolute atomic E-state index is 0. The molecule has 6 heteroatoms. The average Bonchev–Trinajstić information content (AvgIpc) is 2.68. The third kappa shape index (κ3) is 6.08. The molecule has 1 aliphatic rings. The molecule has 1 aliphatic heterocycles. The Morgan fingerprint density at radius 2 is 1.63 bits per heavy atom. The summed E-state index contributed by atoms with van der Waals surface area (Å²) in [6.45, 7) is 7.77. The molecule has 0 aliphatic carbocycles. The SMILES string of the molecule is C=C(C(=O)Cc1ccc(COc2ccc(F)cc2)cc1)N1CCNCC1.Cl. The van der Waals surface area contributed by atoms with Crippen LogP contribution in [0, 0.1) is 5.82 Å². The minimum atomic E-state index is -0.284. The number of nitrogens with zero attached hydrogens (tertiary/aromatic N) is 1. The van der Waals surface area contributed by atoms with Gasteiger partial charge in [-0.1, -0.05) is 30.8 Å². The Balaban J connectivity index is 0.00000261. The predicted octanol–water partition coefficient (Wildman–Crippen LogP) is 3.36. The van der Waals surface area contributed by atoms with Crippen molar-refractivity contribution < 1.29 is 13.9 Å². The molecule has 0 atom stereocenters. The van der Waals surface area contributed by atoms with Crippen molar-refractivity contribution in [1.29, 1.82) is 0 Å². The number of carbonyl (C=O) groups excluding carboxylic acids is 1. The Labute approximate surface area is 165 Å². The van der Waals surface area contributed by atoms with Crippen LogP contribution in [-0.2, 0) is 17.8 Å². The van der Waals surface area contributed by atoms with Crippen molar-refractivity contribution >= 4 is 18.2 Å². The largest absolute Gasteiger partial charge is 0.489 e. The number of rotatable bonds is 7. The highest BCUT2D eigenvalue weighted by Crippen LogP contribution is 2.15. The number of benzene rings is 2. The van der Waals surface area contributed by atoms with Gasteiger partial charge in [-0.25, -0.2) is 4.39 Å². The van der Waals surface area contributed by atoms with Gasteiger partial charge < -0.3 is 15.0 Å². The van der Waals surface area contributed by atoms with E-state index in [0.29, 0.717) is 24.5 Å². The van der Waals surface area contributed by atoms with Crippen LogP contribution in [0.4, 0.5) is 4.39 Å². The number of hydrogen-bond donors (Lipinski definition) is 1. The maximum absolute atomic E-state index is 12.9. The summed E-state index contributed by atoms with van der Waals surface area (Å²) < 4.78 is 18.5. The van der Waals surface area contributed by atoms with E-state index in [-0.39, 0.29) is 24.0 Å². The molecule has 4 nitrogen and oxygen atoms in total. The second kappa shape index (κ2) is 10.1. The van der Waals surface area contributed by atoms with Crippen molar-refractivity contribution in [1.82, 2.24) is 10.2 Å². The maximum Gasteiger partial charge on any atom is 0.182 e. The summed E-state index contributed by atoms with van der Waals surface area (Å²) in [6, 6.07) is 13.7. The van der Waals surface area contributed by atoms with E-state index in [0.717, 1.165) is 37.3 Å². The summed E-state index contributed by atoms with van der Waals surface area (Å²) >= 11 is 0.